The second kappa shape index (κ2) is 6.37. The average Bonchev–Trinajstić information content (AvgIpc) is 2.77. The van der Waals surface area contributed by atoms with Crippen LogP contribution >= 0.6 is 0 Å². The van der Waals surface area contributed by atoms with Gasteiger partial charge in [0.2, 0.25) is 5.82 Å². The Morgan fingerprint density at radius 2 is 2.12 bits per heavy atom. The van der Waals surface area contributed by atoms with Crippen LogP contribution in [0.25, 0.3) is 0 Å². The molecule has 0 spiro atoms. The molecule has 96 valence electrons. The number of nitrogens with one attached hydrogen (secondary N) is 2. The van der Waals surface area contributed by atoms with Crippen LogP contribution in [0.3, 0.4) is 0 Å². The molecule has 0 fully saturated rings. The molecule has 1 unspecified atom stereocenters. The number of carbonyl (C=O) groups is 1. The fourth-order valence-corrected chi connectivity index (χ4v) is 1.61. The molecule has 1 aromatic rings. The van der Waals surface area contributed by atoms with Crippen LogP contribution in [0.1, 0.15) is 69.3 Å². The minimum atomic E-state index is -0.187. The van der Waals surface area contributed by atoms with Crippen molar-refractivity contribution < 1.29 is 4.79 Å². The van der Waals surface area contributed by atoms with Gasteiger partial charge in [0, 0.05) is 12.0 Å². The lowest BCUT2D eigenvalue weighted by Crippen LogP contribution is -2.34. The molecule has 0 bridgehead atoms. The maximum absolute atomic E-state index is 11.9. The number of hydrogen-bond donors (Lipinski definition) is 2. The zero-order valence-electron chi connectivity index (χ0n) is 11.1. The van der Waals surface area contributed by atoms with E-state index >= 15 is 0 Å². The maximum Gasteiger partial charge on any atom is 0.291 e. The Balaban J connectivity index is 2.62. The van der Waals surface area contributed by atoms with Crippen molar-refractivity contribution in [1.82, 2.24) is 20.5 Å². The Labute approximate surface area is 102 Å². The van der Waals surface area contributed by atoms with E-state index in [9.17, 15) is 4.79 Å². The standard InChI is InChI=1S/C12H22N4O/c1-5-7-9(6-2)13-12(17)11-14-10(8(3)4)15-16-11/h8-9H,5-7H2,1-4H3,(H,13,17)(H,14,15,16). The van der Waals surface area contributed by atoms with Crippen LogP contribution in [-0.2, 0) is 0 Å². The predicted octanol–water partition coefficient (Wildman–Crippen LogP) is 2.24. The quantitative estimate of drug-likeness (QED) is 0.798. The lowest BCUT2D eigenvalue weighted by Gasteiger charge is -2.14. The molecule has 0 saturated heterocycles. The van der Waals surface area contributed by atoms with Crippen LogP contribution in [0.15, 0.2) is 0 Å². The van der Waals surface area contributed by atoms with Gasteiger partial charge in [0.25, 0.3) is 5.91 Å². The van der Waals surface area contributed by atoms with Crippen LogP contribution in [-0.4, -0.2) is 27.1 Å². The number of rotatable bonds is 6. The molecule has 0 aliphatic heterocycles. The topological polar surface area (TPSA) is 70.7 Å². The molecule has 0 aromatic carbocycles. The Hall–Kier alpha value is -1.39. The Morgan fingerprint density at radius 3 is 2.59 bits per heavy atom. The summed E-state index contributed by atoms with van der Waals surface area (Å²) in [5.74, 6) is 1.05. The van der Waals surface area contributed by atoms with E-state index in [4.69, 9.17) is 0 Å². The van der Waals surface area contributed by atoms with Gasteiger partial charge in [-0.05, 0) is 12.8 Å². The fourth-order valence-electron chi connectivity index (χ4n) is 1.61. The number of hydrogen-bond acceptors (Lipinski definition) is 3. The summed E-state index contributed by atoms with van der Waals surface area (Å²) < 4.78 is 0. The molecular weight excluding hydrogens is 216 g/mol. The monoisotopic (exact) mass is 238 g/mol. The number of nitrogens with zero attached hydrogens (tertiary/aromatic N) is 2. The van der Waals surface area contributed by atoms with E-state index in [0.29, 0.717) is 0 Å². The summed E-state index contributed by atoms with van der Waals surface area (Å²) >= 11 is 0. The van der Waals surface area contributed by atoms with Gasteiger partial charge in [-0.2, -0.15) is 0 Å². The van der Waals surface area contributed by atoms with Crippen molar-refractivity contribution in [2.75, 3.05) is 0 Å². The van der Waals surface area contributed by atoms with Crippen LogP contribution in [0.2, 0.25) is 0 Å². The van der Waals surface area contributed by atoms with Crippen molar-refractivity contribution >= 4 is 5.91 Å². The zero-order valence-corrected chi connectivity index (χ0v) is 11.1. The second-order valence-electron chi connectivity index (χ2n) is 4.57. The first kappa shape index (κ1) is 13.7. The van der Waals surface area contributed by atoms with Crippen molar-refractivity contribution in [3.63, 3.8) is 0 Å². The van der Waals surface area contributed by atoms with Crippen molar-refractivity contribution in [1.29, 1.82) is 0 Å². The molecule has 1 aromatic heterocycles. The summed E-state index contributed by atoms with van der Waals surface area (Å²) in [6, 6.07) is 0.216. The van der Waals surface area contributed by atoms with Crippen LogP contribution in [0, 0.1) is 0 Å². The van der Waals surface area contributed by atoms with E-state index < -0.39 is 0 Å². The van der Waals surface area contributed by atoms with Crippen molar-refractivity contribution in [2.24, 2.45) is 0 Å². The van der Waals surface area contributed by atoms with Crippen molar-refractivity contribution in [3.8, 4) is 0 Å². The van der Waals surface area contributed by atoms with Gasteiger partial charge in [0.05, 0.1) is 0 Å². The molecule has 1 rings (SSSR count). The highest BCUT2D eigenvalue weighted by Crippen LogP contribution is 2.08. The summed E-state index contributed by atoms with van der Waals surface area (Å²) in [4.78, 5) is 16.0. The molecule has 1 atom stereocenters. The van der Waals surface area contributed by atoms with E-state index in [0.717, 1.165) is 25.1 Å². The molecule has 1 heterocycles. The average molecular weight is 238 g/mol. The Morgan fingerprint density at radius 1 is 1.41 bits per heavy atom. The van der Waals surface area contributed by atoms with Crippen molar-refractivity contribution in [2.45, 2.75) is 58.9 Å². The molecule has 0 aliphatic rings. The Kier molecular flexibility index (Phi) is 5.12. The molecular formula is C12H22N4O. The summed E-state index contributed by atoms with van der Waals surface area (Å²) in [6.07, 6.45) is 2.98. The van der Waals surface area contributed by atoms with Gasteiger partial charge in [0.15, 0.2) is 0 Å². The highest BCUT2D eigenvalue weighted by atomic mass is 16.2. The number of amides is 1. The van der Waals surface area contributed by atoms with Gasteiger partial charge < -0.3 is 5.32 Å². The predicted molar refractivity (Wildman–Crippen MR) is 66.9 cm³/mol. The minimum Gasteiger partial charge on any atom is -0.347 e. The van der Waals surface area contributed by atoms with Gasteiger partial charge in [0.1, 0.15) is 5.82 Å². The number of aromatic amines is 1. The van der Waals surface area contributed by atoms with E-state index in [1.54, 1.807) is 0 Å². The van der Waals surface area contributed by atoms with Gasteiger partial charge in [-0.1, -0.05) is 34.1 Å². The third-order valence-electron chi connectivity index (χ3n) is 2.72. The Bertz CT molecular complexity index is 359. The molecule has 0 saturated carbocycles. The van der Waals surface area contributed by atoms with Gasteiger partial charge in [-0.25, -0.2) is 4.98 Å². The minimum absolute atomic E-state index is 0.187. The third kappa shape index (κ3) is 3.84. The van der Waals surface area contributed by atoms with Gasteiger partial charge >= 0.3 is 0 Å². The summed E-state index contributed by atoms with van der Waals surface area (Å²) in [6.45, 7) is 8.19. The molecule has 17 heavy (non-hydrogen) atoms. The number of aromatic nitrogens is 3. The van der Waals surface area contributed by atoms with Crippen LogP contribution < -0.4 is 5.32 Å². The fraction of sp³-hybridized carbons (Fsp3) is 0.750. The molecule has 0 aliphatic carbocycles. The molecule has 5 nitrogen and oxygen atoms in total. The summed E-state index contributed by atoms with van der Waals surface area (Å²) in [7, 11) is 0. The van der Waals surface area contributed by atoms with Crippen molar-refractivity contribution in [3.05, 3.63) is 11.6 Å². The lowest BCUT2D eigenvalue weighted by molar-refractivity contribution is 0.0923. The SMILES string of the molecule is CCCC(CC)NC(=O)c1n[nH]c(C(C)C)n1. The van der Waals surface area contributed by atoms with E-state index in [1.807, 2.05) is 13.8 Å². The first-order valence-electron chi connectivity index (χ1n) is 6.31. The largest absolute Gasteiger partial charge is 0.347 e. The van der Waals surface area contributed by atoms with Gasteiger partial charge in [-0.3, -0.25) is 9.89 Å². The highest BCUT2D eigenvalue weighted by Gasteiger charge is 2.16. The normalized spacial score (nSPS) is 12.8. The van der Waals surface area contributed by atoms with Crippen LogP contribution in [0.5, 0.6) is 0 Å². The molecule has 2 N–H and O–H groups in total. The highest BCUT2D eigenvalue weighted by molar-refractivity contribution is 5.90. The molecule has 0 radical (unpaired) electrons. The smallest absolute Gasteiger partial charge is 0.291 e. The summed E-state index contributed by atoms with van der Waals surface area (Å²) in [5, 5.41) is 9.68. The number of carbonyl (C=O) groups excluding carboxylic acids is 1. The lowest BCUT2D eigenvalue weighted by atomic mass is 10.1. The third-order valence-corrected chi connectivity index (χ3v) is 2.72. The van der Waals surface area contributed by atoms with Crippen LogP contribution in [0.4, 0.5) is 0 Å². The summed E-state index contributed by atoms with van der Waals surface area (Å²) in [5.41, 5.74) is 0. The molecule has 5 heteroatoms. The number of H-pyrrole nitrogens is 1. The van der Waals surface area contributed by atoms with E-state index in [-0.39, 0.29) is 23.7 Å². The first-order chi connectivity index (χ1) is 8.08. The maximum atomic E-state index is 11.9. The van der Waals surface area contributed by atoms with Gasteiger partial charge in [-0.15, -0.1) is 5.10 Å². The first-order valence-corrected chi connectivity index (χ1v) is 6.31. The van der Waals surface area contributed by atoms with E-state index in [1.165, 1.54) is 0 Å². The van der Waals surface area contributed by atoms with E-state index in [2.05, 4.69) is 34.3 Å². The second-order valence-corrected chi connectivity index (χ2v) is 4.57. The zero-order chi connectivity index (χ0) is 12.8. The molecule has 1 amide bonds.